The number of carbonyl (C=O) groups excluding carboxylic acids is 1. The van der Waals surface area contributed by atoms with Crippen LogP contribution in [0.15, 0.2) is 48.5 Å². The van der Waals surface area contributed by atoms with Crippen molar-refractivity contribution in [1.82, 2.24) is 0 Å². The molecule has 0 amide bonds. The molecule has 0 spiro atoms. The Balaban J connectivity index is 1.99. The lowest BCUT2D eigenvalue weighted by Gasteiger charge is -2.31. The van der Waals surface area contributed by atoms with Crippen LogP contribution in [0.4, 0.5) is 11.4 Å². The summed E-state index contributed by atoms with van der Waals surface area (Å²) >= 11 is 0. The third kappa shape index (κ3) is 1.90. The first kappa shape index (κ1) is 11.0. The summed E-state index contributed by atoms with van der Waals surface area (Å²) in [5.74, 6) is 0. The van der Waals surface area contributed by atoms with Gasteiger partial charge < -0.3 is 4.90 Å². The van der Waals surface area contributed by atoms with Crippen LogP contribution in [-0.2, 0) is 6.42 Å². The molecule has 0 unspecified atom stereocenters. The number of rotatable bonds is 2. The number of aryl methyl sites for hydroxylation is 1. The summed E-state index contributed by atoms with van der Waals surface area (Å²) in [6.07, 6.45) is 3.21. The summed E-state index contributed by atoms with van der Waals surface area (Å²) in [6, 6.07) is 16.3. The lowest BCUT2D eigenvalue weighted by atomic mass is 10.0. The summed E-state index contributed by atoms with van der Waals surface area (Å²) in [5.41, 5.74) is 4.59. The van der Waals surface area contributed by atoms with Gasteiger partial charge in [0.15, 0.2) is 0 Å². The molecule has 0 atom stereocenters. The van der Waals surface area contributed by atoms with Crippen LogP contribution in [-0.4, -0.2) is 12.8 Å². The van der Waals surface area contributed by atoms with Gasteiger partial charge in [0.05, 0.1) is 0 Å². The van der Waals surface area contributed by atoms with Gasteiger partial charge in [0.2, 0.25) is 0 Å². The molecule has 0 aliphatic carbocycles. The normalized spacial score (nSPS) is 14.1. The van der Waals surface area contributed by atoms with E-state index in [1.54, 1.807) is 0 Å². The first-order valence-electron chi connectivity index (χ1n) is 6.29. The highest BCUT2D eigenvalue weighted by molar-refractivity contribution is 5.77. The first-order chi connectivity index (χ1) is 8.88. The number of nitrogens with zero attached hydrogens (tertiary/aromatic N) is 1. The lowest BCUT2D eigenvalue weighted by molar-refractivity contribution is 0.112. The van der Waals surface area contributed by atoms with Crippen molar-refractivity contribution < 1.29 is 4.79 Å². The minimum Gasteiger partial charge on any atom is -0.341 e. The molecule has 0 radical (unpaired) electrons. The SMILES string of the molecule is O=Cc1ccc(N2CCCc3ccccc32)cc1. The molecular formula is C16H15NO. The number of hydrogen-bond acceptors (Lipinski definition) is 2. The molecule has 2 heteroatoms. The van der Waals surface area contributed by atoms with E-state index in [1.165, 1.54) is 17.7 Å². The highest BCUT2D eigenvalue weighted by Gasteiger charge is 2.17. The lowest BCUT2D eigenvalue weighted by Crippen LogP contribution is -2.24. The molecule has 1 aliphatic rings. The zero-order valence-electron chi connectivity index (χ0n) is 10.2. The van der Waals surface area contributed by atoms with Crippen molar-refractivity contribution in [2.45, 2.75) is 12.8 Å². The molecule has 0 fully saturated rings. The molecule has 18 heavy (non-hydrogen) atoms. The maximum Gasteiger partial charge on any atom is 0.150 e. The van der Waals surface area contributed by atoms with Gasteiger partial charge in [-0.1, -0.05) is 18.2 Å². The molecule has 0 saturated heterocycles. The molecule has 0 N–H and O–H groups in total. The average Bonchev–Trinajstić information content (AvgIpc) is 2.47. The second-order valence-electron chi connectivity index (χ2n) is 4.59. The van der Waals surface area contributed by atoms with Gasteiger partial charge in [-0.3, -0.25) is 4.79 Å². The number of aldehydes is 1. The molecule has 2 aromatic carbocycles. The Hall–Kier alpha value is -2.09. The van der Waals surface area contributed by atoms with Crippen molar-refractivity contribution >= 4 is 17.7 Å². The second-order valence-corrected chi connectivity index (χ2v) is 4.59. The average molecular weight is 237 g/mol. The fourth-order valence-corrected chi connectivity index (χ4v) is 2.53. The molecule has 2 aromatic rings. The van der Waals surface area contributed by atoms with E-state index in [9.17, 15) is 4.79 Å². The Bertz CT molecular complexity index is 560. The van der Waals surface area contributed by atoms with Crippen LogP contribution in [0.2, 0.25) is 0 Å². The number of hydrogen-bond donors (Lipinski definition) is 0. The molecule has 1 heterocycles. The predicted molar refractivity (Wildman–Crippen MR) is 73.6 cm³/mol. The highest BCUT2D eigenvalue weighted by atomic mass is 16.1. The number of para-hydroxylation sites is 1. The van der Waals surface area contributed by atoms with E-state index in [-0.39, 0.29) is 0 Å². The van der Waals surface area contributed by atoms with E-state index in [0.717, 1.165) is 30.5 Å². The summed E-state index contributed by atoms with van der Waals surface area (Å²) in [6.45, 7) is 1.04. The maximum atomic E-state index is 10.7. The van der Waals surface area contributed by atoms with Gasteiger partial charge in [0, 0.05) is 23.5 Å². The van der Waals surface area contributed by atoms with Gasteiger partial charge in [-0.05, 0) is 48.7 Å². The van der Waals surface area contributed by atoms with E-state index in [4.69, 9.17) is 0 Å². The van der Waals surface area contributed by atoms with Crippen LogP contribution < -0.4 is 4.90 Å². The molecule has 0 aromatic heterocycles. The summed E-state index contributed by atoms with van der Waals surface area (Å²) < 4.78 is 0. The minimum absolute atomic E-state index is 0.726. The Morgan fingerprint density at radius 3 is 2.56 bits per heavy atom. The van der Waals surface area contributed by atoms with Crippen LogP contribution in [0.3, 0.4) is 0 Å². The van der Waals surface area contributed by atoms with Gasteiger partial charge in [-0.15, -0.1) is 0 Å². The number of carbonyl (C=O) groups is 1. The molecule has 3 rings (SSSR count). The Labute approximate surface area is 107 Å². The second kappa shape index (κ2) is 4.65. The van der Waals surface area contributed by atoms with Crippen LogP contribution in [0.1, 0.15) is 22.3 Å². The van der Waals surface area contributed by atoms with Crippen LogP contribution in [0.25, 0.3) is 0 Å². The minimum atomic E-state index is 0.726. The first-order valence-corrected chi connectivity index (χ1v) is 6.29. The largest absolute Gasteiger partial charge is 0.341 e. The molecule has 0 bridgehead atoms. The zero-order chi connectivity index (χ0) is 12.4. The van der Waals surface area contributed by atoms with E-state index < -0.39 is 0 Å². The third-order valence-corrected chi connectivity index (χ3v) is 3.45. The van der Waals surface area contributed by atoms with Crippen molar-refractivity contribution in [3.63, 3.8) is 0 Å². The quantitative estimate of drug-likeness (QED) is 0.744. The molecule has 0 saturated carbocycles. The van der Waals surface area contributed by atoms with Gasteiger partial charge >= 0.3 is 0 Å². The van der Waals surface area contributed by atoms with E-state index >= 15 is 0 Å². The zero-order valence-corrected chi connectivity index (χ0v) is 10.2. The Kier molecular flexibility index (Phi) is 2.85. The number of anilines is 2. The third-order valence-electron chi connectivity index (χ3n) is 3.45. The van der Waals surface area contributed by atoms with Gasteiger partial charge in [-0.25, -0.2) is 0 Å². The van der Waals surface area contributed by atoms with Crippen molar-refractivity contribution in [2.75, 3.05) is 11.4 Å². The van der Waals surface area contributed by atoms with Crippen LogP contribution in [0, 0.1) is 0 Å². The van der Waals surface area contributed by atoms with E-state index in [1.807, 2.05) is 24.3 Å². The highest BCUT2D eigenvalue weighted by Crippen LogP contribution is 2.33. The van der Waals surface area contributed by atoms with Crippen molar-refractivity contribution in [3.8, 4) is 0 Å². The molecule has 90 valence electrons. The summed E-state index contributed by atoms with van der Waals surface area (Å²) in [5, 5.41) is 0. The predicted octanol–water partition coefficient (Wildman–Crippen LogP) is 3.58. The Morgan fingerprint density at radius 2 is 1.78 bits per heavy atom. The van der Waals surface area contributed by atoms with Gasteiger partial charge in [-0.2, -0.15) is 0 Å². The monoisotopic (exact) mass is 237 g/mol. The van der Waals surface area contributed by atoms with Crippen LogP contribution >= 0.6 is 0 Å². The summed E-state index contributed by atoms with van der Waals surface area (Å²) in [4.78, 5) is 13.0. The van der Waals surface area contributed by atoms with Gasteiger partial charge in [0.1, 0.15) is 6.29 Å². The van der Waals surface area contributed by atoms with Crippen molar-refractivity contribution in [3.05, 3.63) is 59.7 Å². The molecule has 2 nitrogen and oxygen atoms in total. The Morgan fingerprint density at radius 1 is 1.00 bits per heavy atom. The van der Waals surface area contributed by atoms with Crippen LogP contribution in [0.5, 0.6) is 0 Å². The van der Waals surface area contributed by atoms with E-state index in [2.05, 4.69) is 29.2 Å². The summed E-state index contributed by atoms with van der Waals surface area (Å²) in [7, 11) is 0. The maximum absolute atomic E-state index is 10.7. The fraction of sp³-hybridized carbons (Fsp3) is 0.188. The topological polar surface area (TPSA) is 20.3 Å². The number of benzene rings is 2. The smallest absolute Gasteiger partial charge is 0.150 e. The molecular weight excluding hydrogens is 222 g/mol. The molecule has 1 aliphatic heterocycles. The number of fused-ring (bicyclic) bond motifs is 1. The standard InChI is InChI=1S/C16H15NO/c18-12-13-7-9-15(10-8-13)17-11-3-5-14-4-1-2-6-16(14)17/h1-2,4,6-10,12H,3,5,11H2. The fourth-order valence-electron chi connectivity index (χ4n) is 2.53. The van der Waals surface area contributed by atoms with E-state index in [0.29, 0.717) is 0 Å². The van der Waals surface area contributed by atoms with Crippen molar-refractivity contribution in [2.24, 2.45) is 0 Å². The van der Waals surface area contributed by atoms with Gasteiger partial charge in [0.25, 0.3) is 0 Å². The van der Waals surface area contributed by atoms with Crippen molar-refractivity contribution in [1.29, 1.82) is 0 Å².